The molecule has 0 saturated carbocycles. The van der Waals surface area contributed by atoms with Gasteiger partial charge in [-0.15, -0.1) is 0 Å². The Kier molecular flexibility index (Phi) is 2.37. The number of ether oxygens (including phenoxy) is 2. The second kappa shape index (κ2) is 3.47. The normalized spacial score (nSPS) is 26.1. The molecular weight excluding hydrogens is 208 g/mol. The Morgan fingerprint density at radius 2 is 1.44 bits per heavy atom. The molecule has 1 spiro atoms. The summed E-state index contributed by atoms with van der Waals surface area (Å²) in [6.45, 7) is 3.11. The molecule has 0 radical (unpaired) electrons. The maximum atomic E-state index is 12.0. The summed E-state index contributed by atoms with van der Waals surface area (Å²) in [5, 5.41) is 0. The number of cyclic esters (lactones) is 2. The summed E-state index contributed by atoms with van der Waals surface area (Å²) in [7, 11) is 0. The molecule has 0 aromatic heterocycles. The number of hydrogen-bond donors (Lipinski definition) is 0. The first-order valence-corrected chi connectivity index (χ1v) is 5.25. The Morgan fingerprint density at radius 3 is 1.88 bits per heavy atom. The van der Waals surface area contributed by atoms with E-state index in [-0.39, 0.29) is 0 Å². The molecule has 0 aromatic rings. The second-order valence-electron chi connectivity index (χ2n) is 4.53. The van der Waals surface area contributed by atoms with Crippen molar-refractivity contribution in [1.29, 1.82) is 0 Å². The predicted octanol–water partition coefficient (Wildman–Crippen LogP) is 1.72. The maximum Gasteiger partial charge on any atom is 0.327 e. The van der Waals surface area contributed by atoms with E-state index in [0.717, 1.165) is 0 Å². The van der Waals surface area contributed by atoms with Crippen molar-refractivity contribution in [3.63, 3.8) is 0 Å². The third-order valence-electron chi connectivity index (χ3n) is 2.77. The first-order valence-electron chi connectivity index (χ1n) is 5.25. The van der Waals surface area contributed by atoms with Gasteiger partial charge in [0.1, 0.15) is 0 Å². The number of rotatable bonds is 0. The van der Waals surface area contributed by atoms with Gasteiger partial charge in [0, 0.05) is 13.8 Å². The van der Waals surface area contributed by atoms with Crippen molar-refractivity contribution in [1.82, 2.24) is 0 Å². The lowest BCUT2D eigenvalue weighted by atomic mass is 9.80. The van der Waals surface area contributed by atoms with Crippen molar-refractivity contribution in [2.75, 3.05) is 0 Å². The third kappa shape index (κ3) is 1.64. The van der Waals surface area contributed by atoms with Crippen LogP contribution in [0, 0.1) is 5.41 Å². The Balaban J connectivity index is 2.34. The molecule has 1 aliphatic carbocycles. The molecule has 86 valence electrons. The Bertz CT molecular complexity index is 354. The zero-order valence-electron chi connectivity index (χ0n) is 9.36. The van der Waals surface area contributed by atoms with Crippen molar-refractivity contribution >= 4 is 11.9 Å². The summed E-state index contributed by atoms with van der Waals surface area (Å²) in [5.74, 6) is -2.14. The molecule has 0 atom stereocenters. The SMILES string of the molecule is CC1(C)OC(=O)C2(CC=CC=CC2)C(=O)O1. The van der Waals surface area contributed by atoms with E-state index < -0.39 is 23.1 Å². The fourth-order valence-corrected chi connectivity index (χ4v) is 1.86. The van der Waals surface area contributed by atoms with Crippen LogP contribution in [0.4, 0.5) is 0 Å². The zero-order valence-corrected chi connectivity index (χ0v) is 9.36. The number of carbonyl (C=O) groups excluding carboxylic acids is 2. The van der Waals surface area contributed by atoms with Gasteiger partial charge in [0.2, 0.25) is 0 Å². The molecule has 2 aliphatic rings. The molecule has 0 amide bonds. The van der Waals surface area contributed by atoms with E-state index in [1.54, 1.807) is 26.0 Å². The fraction of sp³-hybridized carbons (Fsp3) is 0.500. The summed E-state index contributed by atoms with van der Waals surface area (Å²) in [4.78, 5) is 23.9. The Hall–Kier alpha value is -1.58. The number of carbonyl (C=O) groups is 2. The first-order chi connectivity index (χ1) is 7.46. The predicted molar refractivity (Wildman–Crippen MR) is 56.2 cm³/mol. The van der Waals surface area contributed by atoms with Gasteiger partial charge < -0.3 is 9.47 Å². The number of allylic oxidation sites excluding steroid dienone is 4. The lowest BCUT2D eigenvalue weighted by Gasteiger charge is -2.39. The van der Waals surface area contributed by atoms with E-state index >= 15 is 0 Å². The lowest BCUT2D eigenvalue weighted by molar-refractivity contribution is -0.250. The van der Waals surface area contributed by atoms with Crippen LogP contribution in [0.1, 0.15) is 26.7 Å². The summed E-state index contributed by atoms with van der Waals surface area (Å²) in [5.41, 5.74) is -1.18. The average molecular weight is 222 g/mol. The molecule has 0 aromatic carbocycles. The van der Waals surface area contributed by atoms with Crippen LogP contribution >= 0.6 is 0 Å². The summed E-state index contributed by atoms with van der Waals surface area (Å²) in [6, 6.07) is 0. The Morgan fingerprint density at radius 1 is 1.00 bits per heavy atom. The topological polar surface area (TPSA) is 52.6 Å². The minimum absolute atomic E-state index is 0.327. The monoisotopic (exact) mass is 222 g/mol. The highest BCUT2D eigenvalue weighted by molar-refractivity contribution is 6.02. The smallest absolute Gasteiger partial charge is 0.327 e. The van der Waals surface area contributed by atoms with Gasteiger partial charge in [-0.05, 0) is 12.8 Å². The molecule has 1 heterocycles. The molecule has 1 saturated heterocycles. The van der Waals surface area contributed by atoms with Crippen molar-refractivity contribution in [3.8, 4) is 0 Å². The molecule has 4 nitrogen and oxygen atoms in total. The van der Waals surface area contributed by atoms with Crippen LogP contribution in [0.5, 0.6) is 0 Å². The van der Waals surface area contributed by atoms with Gasteiger partial charge in [-0.1, -0.05) is 24.3 Å². The lowest BCUT2D eigenvalue weighted by Crippen LogP contribution is -2.53. The van der Waals surface area contributed by atoms with Crippen LogP contribution in [-0.2, 0) is 19.1 Å². The van der Waals surface area contributed by atoms with Crippen LogP contribution in [-0.4, -0.2) is 17.7 Å². The van der Waals surface area contributed by atoms with Gasteiger partial charge in [-0.25, -0.2) is 0 Å². The van der Waals surface area contributed by atoms with Crippen molar-refractivity contribution in [3.05, 3.63) is 24.3 Å². The minimum atomic E-state index is -1.18. The van der Waals surface area contributed by atoms with Crippen LogP contribution in [0.25, 0.3) is 0 Å². The van der Waals surface area contributed by atoms with Crippen LogP contribution in [0.2, 0.25) is 0 Å². The highest BCUT2D eigenvalue weighted by Crippen LogP contribution is 2.39. The fourth-order valence-electron chi connectivity index (χ4n) is 1.86. The van der Waals surface area contributed by atoms with E-state index in [9.17, 15) is 9.59 Å². The zero-order chi connectivity index (χ0) is 11.8. The Labute approximate surface area is 93.9 Å². The van der Waals surface area contributed by atoms with Gasteiger partial charge in [0.05, 0.1) is 0 Å². The number of hydrogen-bond acceptors (Lipinski definition) is 4. The molecule has 1 aliphatic heterocycles. The molecule has 16 heavy (non-hydrogen) atoms. The van der Waals surface area contributed by atoms with E-state index in [1.807, 2.05) is 12.2 Å². The molecule has 0 bridgehead atoms. The molecule has 0 N–H and O–H groups in total. The average Bonchev–Trinajstić information content (AvgIpc) is 2.39. The van der Waals surface area contributed by atoms with E-state index in [1.165, 1.54) is 0 Å². The highest BCUT2D eigenvalue weighted by Gasteiger charge is 2.54. The highest BCUT2D eigenvalue weighted by atomic mass is 16.7. The van der Waals surface area contributed by atoms with Gasteiger partial charge in [0.15, 0.2) is 5.41 Å². The largest absolute Gasteiger partial charge is 0.422 e. The molecule has 1 fully saturated rings. The van der Waals surface area contributed by atoms with Gasteiger partial charge in [-0.3, -0.25) is 9.59 Å². The summed E-state index contributed by atoms with van der Waals surface area (Å²) in [6.07, 6.45) is 7.85. The molecule has 4 heteroatoms. The molecular formula is C12H14O4. The number of esters is 2. The van der Waals surface area contributed by atoms with E-state index in [2.05, 4.69) is 0 Å². The van der Waals surface area contributed by atoms with Gasteiger partial charge in [0.25, 0.3) is 5.79 Å². The first kappa shape index (κ1) is 10.9. The standard InChI is InChI=1S/C12H14O4/c1-11(2)15-9(13)12(10(14)16-11)7-5-3-4-6-8-12/h3-6H,7-8H2,1-2H3. The van der Waals surface area contributed by atoms with Gasteiger partial charge in [-0.2, -0.15) is 0 Å². The van der Waals surface area contributed by atoms with E-state index in [0.29, 0.717) is 12.8 Å². The molecule has 0 unspecified atom stereocenters. The van der Waals surface area contributed by atoms with Crippen molar-refractivity contribution in [2.45, 2.75) is 32.5 Å². The van der Waals surface area contributed by atoms with Crippen molar-refractivity contribution < 1.29 is 19.1 Å². The minimum Gasteiger partial charge on any atom is -0.422 e. The van der Waals surface area contributed by atoms with Gasteiger partial charge >= 0.3 is 11.9 Å². The summed E-state index contributed by atoms with van der Waals surface area (Å²) >= 11 is 0. The summed E-state index contributed by atoms with van der Waals surface area (Å²) < 4.78 is 10.3. The molecule has 2 rings (SSSR count). The third-order valence-corrected chi connectivity index (χ3v) is 2.77. The van der Waals surface area contributed by atoms with Crippen molar-refractivity contribution in [2.24, 2.45) is 5.41 Å². The quantitative estimate of drug-likeness (QED) is 0.462. The van der Waals surface area contributed by atoms with Crippen LogP contribution < -0.4 is 0 Å². The van der Waals surface area contributed by atoms with Crippen LogP contribution in [0.3, 0.4) is 0 Å². The maximum absolute atomic E-state index is 12.0. The van der Waals surface area contributed by atoms with Crippen LogP contribution in [0.15, 0.2) is 24.3 Å². The van der Waals surface area contributed by atoms with E-state index in [4.69, 9.17) is 9.47 Å². The second-order valence-corrected chi connectivity index (χ2v) is 4.53.